The minimum atomic E-state index is 0.0534. The van der Waals surface area contributed by atoms with Crippen LogP contribution in [0.2, 0.25) is 0 Å². The van der Waals surface area contributed by atoms with Gasteiger partial charge in [0.1, 0.15) is 0 Å². The number of hydrogen-bond donors (Lipinski definition) is 0. The molecule has 0 spiro atoms. The van der Waals surface area contributed by atoms with Gasteiger partial charge in [0.15, 0.2) is 0 Å². The molecule has 1 aliphatic heterocycles. The Morgan fingerprint density at radius 3 is 2.30 bits per heavy atom. The Hall–Kier alpha value is -1.99. The number of aromatic nitrogens is 2. The predicted octanol–water partition coefficient (Wildman–Crippen LogP) is 5.21. The molecule has 2 heterocycles. The van der Waals surface area contributed by atoms with Crippen LogP contribution in [-0.2, 0) is 6.54 Å². The number of benzene rings is 1. The first kappa shape index (κ1) is 21.2. The van der Waals surface area contributed by atoms with Crippen LogP contribution in [0.1, 0.15) is 77.2 Å². The highest BCUT2D eigenvalue weighted by Crippen LogP contribution is 2.39. The summed E-state index contributed by atoms with van der Waals surface area (Å²) in [4.78, 5) is 15.8. The normalized spacial score (nSPS) is 21.2. The first-order valence-corrected chi connectivity index (χ1v) is 12.0. The van der Waals surface area contributed by atoms with E-state index in [0.717, 1.165) is 37.0 Å². The number of rotatable bonds is 5. The molecule has 0 amide bonds. The zero-order chi connectivity index (χ0) is 21.0. The van der Waals surface area contributed by atoms with Crippen LogP contribution in [0.25, 0.3) is 11.0 Å². The van der Waals surface area contributed by atoms with Crippen molar-refractivity contribution >= 4 is 11.0 Å². The van der Waals surface area contributed by atoms with Crippen LogP contribution >= 0.6 is 0 Å². The van der Waals surface area contributed by atoms with Crippen LogP contribution in [0.15, 0.2) is 29.1 Å². The van der Waals surface area contributed by atoms with Gasteiger partial charge >= 0.3 is 5.69 Å². The van der Waals surface area contributed by atoms with Crippen LogP contribution in [0.5, 0.6) is 0 Å². The van der Waals surface area contributed by atoms with Gasteiger partial charge in [-0.1, -0.05) is 57.1 Å². The molecule has 4 nitrogen and oxygen atoms in total. The Labute approximate surface area is 181 Å². The van der Waals surface area contributed by atoms with Crippen molar-refractivity contribution in [1.82, 2.24) is 14.0 Å². The van der Waals surface area contributed by atoms with Crippen molar-refractivity contribution < 1.29 is 0 Å². The van der Waals surface area contributed by atoms with E-state index in [2.05, 4.69) is 23.8 Å². The number of terminal acetylenes is 1. The predicted molar refractivity (Wildman–Crippen MR) is 125 cm³/mol. The number of para-hydroxylation sites is 2. The number of fused-ring (bicyclic) bond motifs is 1. The van der Waals surface area contributed by atoms with Crippen molar-refractivity contribution in [3.05, 3.63) is 34.7 Å². The van der Waals surface area contributed by atoms with Crippen LogP contribution in [0.3, 0.4) is 0 Å². The fraction of sp³-hybridized carbons (Fsp3) is 0.654. The maximum Gasteiger partial charge on any atom is 0.330 e. The molecule has 0 unspecified atom stereocenters. The molecule has 1 aromatic carbocycles. The van der Waals surface area contributed by atoms with Gasteiger partial charge in [-0.25, -0.2) is 4.79 Å². The van der Waals surface area contributed by atoms with E-state index in [4.69, 9.17) is 6.42 Å². The molecule has 4 heteroatoms. The first-order valence-electron chi connectivity index (χ1n) is 12.0. The van der Waals surface area contributed by atoms with Gasteiger partial charge in [-0.2, -0.15) is 0 Å². The maximum absolute atomic E-state index is 13.2. The van der Waals surface area contributed by atoms with Crippen LogP contribution in [0.4, 0.5) is 0 Å². The molecule has 0 radical (unpaired) electrons. The summed E-state index contributed by atoms with van der Waals surface area (Å²) < 4.78 is 3.78. The number of likely N-dealkylation sites (tertiary alicyclic amines) is 1. The highest BCUT2D eigenvalue weighted by Gasteiger charge is 2.33. The summed E-state index contributed by atoms with van der Waals surface area (Å²) in [5, 5.41) is 0. The van der Waals surface area contributed by atoms with Crippen molar-refractivity contribution in [3.63, 3.8) is 0 Å². The lowest BCUT2D eigenvalue weighted by Gasteiger charge is -2.42. The summed E-state index contributed by atoms with van der Waals surface area (Å²) >= 11 is 0. The average molecular weight is 408 g/mol. The van der Waals surface area contributed by atoms with Crippen LogP contribution in [0, 0.1) is 17.8 Å². The molecule has 1 saturated heterocycles. The Kier molecular flexibility index (Phi) is 6.68. The van der Waals surface area contributed by atoms with Gasteiger partial charge in [-0.15, -0.1) is 6.42 Å². The van der Waals surface area contributed by atoms with Gasteiger partial charge in [-0.3, -0.25) is 9.13 Å². The monoisotopic (exact) mass is 407 g/mol. The third-order valence-electron chi connectivity index (χ3n) is 7.76. The fourth-order valence-corrected chi connectivity index (χ4v) is 5.92. The molecule has 2 fully saturated rings. The third-order valence-corrected chi connectivity index (χ3v) is 7.76. The highest BCUT2D eigenvalue weighted by molar-refractivity contribution is 5.76. The van der Waals surface area contributed by atoms with E-state index < -0.39 is 0 Å². The smallest absolute Gasteiger partial charge is 0.303 e. The molecule has 30 heavy (non-hydrogen) atoms. The zero-order valence-corrected chi connectivity index (χ0v) is 18.6. The van der Waals surface area contributed by atoms with E-state index in [-0.39, 0.29) is 11.7 Å². The summed E-state index contributed by atoms with van der Waals surface area (Å²) in [7, 11) is 0. The summed E-state index contributed by atoms with van der Waals surface area (Å²) in [5.74, 6) is 2.65. The van der Waals surface area contributed by atoms with E-state index in [1.165, 1.54) is 57.9 Å². The summed E-state index contributed by atoms with van der Waals surface area (Å²) in [6, 6.07) is 8.36. The molecule has 4 rings (SSSR count). The summed E-state index contributed by atoms with van der Waals surface area (Å²) in [6.07, 6.45) is 18.7. The second-order valence-corrected chi connectivity index (χ2v) is 9.56. The van der Waals surface area contributed by atoms with Crippen LogP contribution in [-0.4, -0.2) is 33.7 Å². The number of imidazole rings is 1. The van der Waals surface area contributed by atoms with Gasteiger partial charge in [0.2, 0.25) is 0 Å². The number of nitrogens with zero attached hydrogens (tertiary/aromatic N) is 3. The molecule has 2 aromatic rings. The second kappa shape index (κ2) is 9.43. The van der Waals surface area contributed by atoms with Crippen molar-refractivity contribution in [3.8, 4) is 12.3 Å². The van der Waals surface area contributed by atoms with E-state index >= 15 is 0 Å². The highest BCUT2D eigenvalue weighted by atomic mass is 16.1. The lowest BCUT2D eigenvalue weighted by molar-refractivity contribution is 0.0850. The van der Waals surface area contributed by atoms with E-state index in [9.17, 15) is 4.79 Å². The number of hydrogen-bond acceptors (Lipinski definition) is 2. The molecule has 1 aromatic heterocycles. The maximum atomic E-state index is 13.2. The zero-order valence-electron chi connectivity index (χ0n) is 18.6. The van der Waals surface area contributed by atoms with Gasteiger partial charge in [-0.05, 0) is 49.7 Å². The number of piperidine rings is 1. The second-order valence-electron chi connectivity index (χ2n) is 9.56. The molecule has 0 atom stereocenters. The lowest BCUT2D eigenvalue weighted by atomic mass is 9.73. The van der Waals surface area contributed by atoms with E-state index in [0.29, 0.717) is 12.0 Å². The quantitative estimate of drug-likeness (QED) is 0.637. The van der Waals surface area contributed by atoms with Gasteiger partial charge in [0.25, 0.3) is 0 Å². The Morgan fingerprint density at radius 2 is 1.67 bits per heavy atom. The fourth-order valence-electron chi connectivity index (χ4n) is 5.92. The molecule has 0 bridgehead atoms. The van der Waals surface area contributed by atoms with E-state index in [1.807, 2.05) is 22.8 Å². The molecule has 1 aliphatic carbocycles. The van der Waals surface area contributed by atoms with E-state index in [1.54, 1.807) is 4.57 Å². The van der Waals surface area contributed by atoms with Gasteiger partial charge < -0.3 is 4.90 Å². The van der Waals surface area contributed by atoms with Crippen LogP contribution < -0.4 is 5.69 Å². The Balaban J connectivity index is 1.48. The molecule has 2 aliphatic rings. The standard InChI is InChI=1S/C26H37N3O/c1-3-18-28-23-12-8-9-13-24(23)29(25(28)30)22-14-19-27(20-15-22)21-26(4-2)16-10-6-5-7-11-17-26/h1,8-9,12-13,22H,4-7,10-11,14-21H2,2H3. The minimum absolute atomic E-state index is 0.0534. The minimum Gasteiger partial charge on any atom is -0.303 e. The van der Waals surface area contributed by atoms with Crippen molar-refractivity contribution in [2.24, 2.45) is 5.41 Å². The lowest BCUT2D eigenvalue weighted by Crippen LogP contribution is -2.43. The van der Waals surface area contributed by atoms with Gasteiger partial charge in [0, 0.05) is 25.7 Å². The van der Waals surface area contributed by atoms with Gasteiger partial charge in [0.05, 0.1) is 17.6 Å². The Bertz CT molecular complexity index is 931. The van der Waals surface area contributed by atoms with Crippen molar-refractivity contribution in [1.29, 1.82) is 0 Å². The average Bonchev–Trinajstić information content (AvgIpc) is 3.03. The molecule has 162 valence electrons. The molecular weight excluding hydrogens is 370 g/mol. The summed E-state index contributed by atoms with van der Waals surface area (Å²) in [6.45, 7) is 6.16. The Morgan fingerprint density at radius 1 is 1.03 bits per heavy atom. The molecular formula is C26H37N3O. The topological polar surface area (TPSA) is 30.2 Å². The van der Waals surface area contributed by atoms with Crippen molar-refractivity contribution in [2.75, 3.05) is 19.6 Å². The molecule has 1 saturated carbocycles. The largest absolute Gasteiger partial charge is 0.330 e. The SMILES string of the molecule is C#CCn1c(=O)n(C2CCN(CC3(CC)CCCCCCC3)CC2)c2ccccc21. The third kappa shape index (κ3) is 4.23. The molecule has 0 N–H and O–H groups in total. The first-order chi connectivity index (χ1) is 14.7. The summed E-state index contributed by atoms with van der Waals surface area (Å²) in [5.41, 5.74) is 2.55. The van der Waals surface area contributed by atoms with Crippen molar-refractivity contribution in [2.45, 2.75) is 83.7 Å².